The zero-order chi connectivity index (χ0) is 14.8. The molecule has 0 bridgehead atoms. The van der Waals surface area contributed by atoms with Crippen molar-refractivity contribution in [2.45, 2.75) is 22.4 Å². The minimum absolute atomic E-state index is 0.237. The molecular formula is C15H14FN3S2. The fourth-order valence-corrected chi connectivity index (χ4v) is 4.01. The van der Waals surface area contributed by atoms with Gasteiger partial charge in [0.1, 0.15) is 5.82 Å². The SMILES string of the molecule is CCc1ncc(Sc2cc(F)cc(-c3cnn(C)c3)c2)s1. The molecule has 0 radical (unpaired) electrons. The lowest BCUT2D eigenvalue weighted by Gasteiger charge is -2.03. The van der Waals surface area contributed by atoms with Gasteiger partial charge in [-0.2, -0.15) is 5.10 Å². The highest BCUT2D eigenvalue weighted by molar-refractivity contribution is 8.01. The summed E-state index contributed by atoms with van der Waals surface area (Å²) in [6.45, 7) is 2.08. The molecule has 2 aromatic heterocycles. The molecule has 21 heavy (non-hydrogen) atoms. The first kappa shape index (κ1) is 14.3. The van der Waals surface area contributed by atoms with E-state index in [0.717, 1.165) is 31.7 Å². The second-order valence-electron chi connectivity index (χ2n) is 4.61. The van der Waals surface area contributed by atoms with Crippen LogP contribution in [0.5, 0.6) is 0 Å². The summed E-state index contributed by atoms with van der Waals surface area (Å²) in [5.41, 5.74) is 1.75. The van der Waals surface area contributed by atoms with Crippen LogP contribution in [0.2, 0.25) is 0 Å². The van der Waals surface area contributed by atoms with Crippen molar-refractivity contribution in [1.82, 2.24) is 14.8 Å². The second-order valence-corrected chi connectivity index (χ2v) is 7.10. The van der Waals surface area contributed by atoms with Gasteiger partial charge in [0.05, 0.1) is 21.6 Å². The van der Waals surface area contributed by atoms with Gasteiger partial charge in [0.2, 0.25) is 0 Å². The predicted octanol–water partition coefficient (Wildman–Crippen LogP) is 4.40. The summed E-state index contributed by atoms with van der Waals surface area (Å²) in [7, 11) is 1.85. The van der Waals surface area contributed by atoms with Gasteiger partial charge >= 0.3 is 0 Å². The molecule has 0 aliphatic carbocycles. The fraction of sp³-hybridized carbons (Fsp3) is 0.200. The van der Waals surface area contributed by atoms with Gasteiger partial charge in [0.15, 0.2) is 0 Å². The first-order valence-electron chi connectivity index (χ1n) is 6.56. The van der Waals surface area contributed by atoms with Crippen LogP contribution in [0.25, 0.3) is 11.1 Å². The van der Waals surface area contributed by atoms with Crippen molar-refractivity contribution in [3.63, 3.8) is 0 Å². The smallest absolute Gasteiger partial charge is 0.124 e. The van der Waals surface area contributed by atoms with Crippen molar-refractivity contribution in [1.29, 1.82) is 0 Å². The van der Waals surface area contributed by atoms with E-state index in [-0.39, 0.29) is 5.82 Å². The summed E-state index contributed by atoms with van der Waals surface area (Å²) >= 11 is 3.19. The molecule has 6 heteroatoms. The Morgan fingerprint density at radius 3 is 2.76 bits per heavy atom. The van der Waals surface area contributed by atoms with E-state index < -0.39 is 0 Å². The lowest BCUT2D eigenvalue weighted by atomic mass is 10.1. The minimum Gasteiger partial charge on any atom is -0.275 e. The number of hydrogen-bond acceptors (Lipinski definition) is 4. The Bertz CT molecular complexity index is 764. The van der Waals surface area contributed by atoms with Gasteiger partial charge in [-0.05, 0) is 30.2 Å². The lowest BCUT2D eigenvalue weighted by molar-refractivity contribution is 0.625. The third-order valence-corrected chi connectivity index (χ3v) is 5.18. The zero-order valence-electron chi connectivity index (χ0n) is 11.7. The van der Waals surface area contributed by atoms with Crippen LogP contribution in [-0.4, -0.2) is 14.8 Å². The molecule has 0 saturated carbocycles. The average Bonchev–Trinajstić information content (AvgIpc) is 3.07. The molecule has 3 rings (SSSR count). The molecule has 0 fully saturated rings. The van der Waals surface area contributed by atoms with Gasteiger partial charge in [0.25, 0.3) is 0 Å². The Kier molecular flexibility index (Phi) is 4.07. The van der Waals surface area contributed by atoms with Crippen LogP contribution >= 0.6 is 23.1 Å². The molecule has 1 aromatic carbocycles. The van der Waals surface area contributed by atoms with E-state index in [9.17, 15) is 4.39 Å². The molecule has 0 amide bonds. The normalized spacial score (nSPS) is 11.0. The number of aromatic nitrogens is 3. The third-order valence-electron chi connectivity index (χ3n) is 2.96. The van der Waals surface area contributed by atoms with Gasteiger partial charge in [-0.15, -0.1) is 11.3 Å². The highest BCUT2D eigenvalue weighted by atomic mass is 32.2. The maximum Gasteiger partial charge on any atom is 0.124 e. The van der Waals surface area contributed by atoms with Crippen molar-refractivity contribution in [3.05, 3.63) is 47.6 Å². The molecule has 0 atom stereocenters. The van der Waals surface area contributed by atoms with E-state index in [2.05, 4.69) is 17.0 Å². The largest absolute Gasteiger partial charge is 0.275 e. The molecule has 0 aliphatic rings. The van der Waals surface area contributed by atoms with Crippen LogP contribution in [-0.2, 0) is 13.5 Å². The number of nitrogens with zero attached hydrogens (tertiary/aromatic N) is 3. The molecular weight excluding hydrogens is 305 g/mol. The standard InChI is InChI=1S/C15H14FN3S2/c1-3-14-17-8-15(21-14)20-13-5-10(4-12(16)6-13)11-7-18-19(2)9-11/h4-9H,3H2,1-2H3. The number of thiazole rings is 1. The molecule has 0 saturated heterocycles. The van der Waals surface area contributed by atoms with Crippen molar-refractivity contribution in [2.24, 2.45) is 7.05 Å². The van der Waals surface area contributed by atoms with E-state index in [1.165, 1.54) is 6.07 Å². The minimum atomic E-state index is -0.237. The first-order chi connectivity index (χ1) is 10.1. The summed E-state index contributed by atoms with van der Waals surface area (Å²) in [6, 6.07) is 5.07. The van der Waals surface area contributed by atoms with Crippen LogP contribution in [0, 0.1) is 5.82 Å². The highest BCUT2D eigenvalue weighted by Crippen LogP contribution is 2.35. The molecule has 0 spiro atoms. The number of halogens is 1. The van der Waals surface area contributed by atoms with Crippen molar-refractivity contribution >= 4 is 23.1 Å². The van der Waals surface area contributed by atoms with Crippen LogP contribution in [0.15, 0.2) is 45.9 Å². The molecule has 3 nitrogen and oxygen atoms in total. The van der Waals surface area contributed by atoms with Crippen LogP contribution in [0.4, 0.5) is 4.39 Å². The van der Waals surface area contributed by atoms with Gasteiger partial charge in [-0.25, -0.2) is 9.37 Å². The van der Waals surface area contributed by atoms with E-state index in [0.29, 0.717) is 0 Å². The first-order valence-corrected chi connectivity index (χ1v) is 8.19. The summed E-state index contributed by atoms with van der Waals surface area (Å²) in [5.74, 6) is -0.237. The van der Waals surface area contributed by atoms with Crippen LogP contribution < -0.4 is 0 Å². The Morgan fingerprint density at radius 2 is 2.10 bits per heavy atom. The van der Waals surface area contributed by atoms with Crippen molar-refractivity contribution in [3.8, 4) is 11.1 Å². The summed E-state index contributed by atoms with van der Waals surface area (Å²) in [6.07, 6.45) is 6.40. The topological polar surface area (TPSA) is 30.7 Å². The monoisotopic (exact) mass is 319 g/mol. The van der Waals surface area contributed by atoms with E-state index >= 15 is 0 Å². The Morgan fingerprint density at radius 1 is 1.24 bits per heavy atom. The average molecular weight is 319 g/mol. The quantitative estimate of drug-likeness (QED) is 0.714. The Labute approximate surface area is 130 Å². The van der Waals surface area contributed by atoms with Crippen LogP contribution in [0.1, 0.15) is 11.9 Å². The molecule has 2 heterocycles. The van der Waals surface area contributed by atoms with Gasteiger partial charge < -0.3 is 0 Å². The highest BCUT2D eigenvalue weighted by Gasteiger charge is 2.08. The van der Waals surface area contributed by atoms with E-state index in [4.69, 9.17) is 0 Å². The molecule has 0 aliphatic heterocycles. The lowest BCUT2D eigenvalue weighted by Crippen LogP contribution is -1.84. The molecule has 108 valence electrons. The Balaban J connectivity index is 1.90. The van der Waals surface area contributed by atoms with Crippen LogP contribution in [0.3, 0.4) is 0 Å². The fourth-order valence-electron chi connectivity index (χ4n) is 1.98. The molecule has 3 aromatic rings. The van der Waals surface area contributed by atoms with Crippen molar-refractivity contribution in [2.75, 3.05) is 0 Å². The van der Waals surface area contributed by atoms with Gasteiger partial charge in [0, 0.05) is 23.7 Å². The zero-order valence-corrected chi connectivity index (χ0v) is 13.3. The summed E-state index contributed by atoms with van der Waals surface area (Å²) in [4.78, 5) is 5.20. The molecule has 0 unspecified atom stereocenters. The number of hydrogen-bond donors (Lipinski definition) is 0. The second kappa shape index (κ2) is 5.99. The third kappa shape index (κ3) is 3.33. The van der Waals surface area contributed by atoms with Crippen molar-refractivity contribution < 1.29 is 4.39 Å². The number of rotatable bonds is 4. The van der Waals surface area contributed by atoms with Gasteiger partial charge in [-0.3, -0.25) is 4.68 Å². The number of benzene rings is 1. The molecule has 0 N–H and O–H groups in total. The maximum atomic E-state index is 13.8. The van der Waals surface area contributed by atoms with E-state index in [1.807, 2.05) is 25.5 Å². The van der Waals surface area contributed by atoms with Gasteiger partial charge in [-0.1, -0.05) is 18.7 Å². The number of aryl methyl sites for hydroxylation is 2. The summed E-state index contributed by atoms with van der Waals surface area (Å²) < 4.78 is 16.6. The summed E-state index contributed by atoms with van der Waals surface area (Å²) in [5, 5.41) is 5.23. The Hall–Kier alpha value is -1.66. The predicted molar refractivity (Wildman–Crippen MR) is 84.2 cm³/mol. The van der Waals surface area contributed by atoms with E-state index in [1.54, 1.807) is 40.0 Å². The maximum absolute atomic E-state index is 13.8.